The van der Waals surface area contributed by atoms with E-state index in [1.807, 2.05) is 18.2 Å². The van der Waals surface area contributed by atoms with Crippen LogP contribution in [-0.2, 0) is 11.3 Å². The zero-order valence-electron chi connectivity index (χ0n) is 10.3. The lowest BCUT2D eigenvalue weighted by Crippen LogP contribution is -2.20. The van der Waals surface area contributed by atoms with Crippen LogP contribution in [0.1, 0.15) is 38.2 Å². The third-order valence-corrected chi connectivity index (χ3v) is 3.88. The molecule has 1 saturated carbocycles. The van der Waals surface area contributed by atoms with Crippen LogP contribution in [0, 0.1) is 5.92 Å². The summed E-state index contributed by atoms with van der Waals surface area (Å²) in [5.41, 5.74) is 7.47. The van der Waals surface area contributed by atoms with Gasteiger partial charge in [-0.25, -0.2) is 0 Å². The smallest absolute Gasteiger partial charge is 0.0735 e. The molecule has 3 heteroatoms. The molecule has 0 atom stereocenters. The molecule has 94 valence electrons. The lowest BCUT2D eigenvalue weighted by atomic mass is 9.89. The number of nitrogen functional groups attached to an aromatic ring is 1. The Morgan fingerprint density at radius 2 is 2.00 bits per heavy atom. The van der Waals surface area contributed by atoms with Gasteiger partial charge in [-0.2, -0.15) is 0 Å². The number of ether oxygens (including phenoxy) is 1. The normalized spacial score (nSPS) is 24.8. The van der Waals surface area contributed by atoms with Crippen LogP contribution in [0.25, 0.3) is 0 Å². The molecule has 0 aromatic heterocycles. The van der Waals surface area contributed by atoms with E-state index >= 15 is 0 Å². The van der Waals surface area contributed by atoms with Crippen molar-refractivity contribution in [2.75, 3.05) is 5.73 Å². The monoisotopic (exact) mass is 253 g/mol. The van der Waals surface area contributed by atoms with Gasteiger partial charge in [0.1, 0.15) is 0 Å². The molecule has 2 nitrogen and oxygen atoms in total. The molecule has 0 unspecified atom stereocenters. The fraction of sp³-hybridized carbons (Fsp3) is 0.571. The predicted molar refractivity (Wildman–Crippen MR) is 72.1 cm³/mol. The van der Waals surface area contributed by atoms with Gasteiger partial charge in [0, 0.05) is 10.7 Å². The summed E-state index contributed by atoms with van der Waals surface area (Å²) in [5.74, 6) is 0.853. The molecule has 2 rings (SSSR count). The lowest BCUT2D eigenvalue weighted by molar-refractivity contribution is 0.00883. The van der Waals surface area contributed by atoms with E-state index in [9.17, 15) is 0 Å². The SMILES string of the molecule is CC1CCC(OCc2cc(N)ccc2Cl)CC1. The molecule has 1 aliphatic carbocycles. The Bertz CT molecular complexity index is 372. The van der Waals surface area contributed by atoms with Crippen LogP contribution in [0.5, 0.6) is 0 Å². The quantitative estimate of drug-likeness (QED) is 0.826. The van der Waals surface area contributed by atoms with E-state index < -0.39 is 0 Å². The van der Waals surface area contributed by atoms with Gasteiger partial charge in [0.15, 0.2) is 0 Å². The Morgan fingerprint density at radius 1 is 1.29 bits per heavy atom. The maximum atomic E-state index is 6.10. The van der Waals surface area contributed by atoms with Crippen molar-refractivity contribution in [3.8, 4) is 0 Å². The Balaban J connectivity index is 1.87. The van der Waals surface area contributed by atoms with Gasteiger partial charge < -0.3 is 10.5 Å². The first kappa shape index (κ1) is 12.7. The van der Waals surface area contributed by atoms with Gasteiger partial charge in [-0.05, 0) is 55.4 Å². The van der Waals surface area contributed by atoms with Crippen molar-refractivity contribution in [2.45, 2.75) is 45.3 Å². The maximum Gasteiger partial charge on any atom is 0.0735 e. The summed E-state index contributed by atoms with van der Waals surface area (Å²) in [6, 6.07) is 5.54. The first-order chi connectivity index (χ1) is 8.15. The van der Waals surface area contributed by atoms with E-state index in [4.69, 9.17) is 22.1 Å². The highest BCUT2D eigenvalue weighted by molar-refractivity contribution is 6.31. The van der Waals surface area contributed by atoms with Crippen molar-refractivity contribution in [1.29, 1.82) is 0 Å². The van der Waals surface area contributed by atoms with E-state index in [0.717, 1.165) is 22.2 Å². The summed E-state index contributed by atoms with van der Waals surface area (Å²) in [7, 11) is 0. The third kappa shape index (κ3) is 3.62. The third-order valence-electron chi connectivity index (χ3n) is 3.51. The van der Waals surface area contributed by atoms with E-state index in [1.165, 1.54) is 25.7 Å². The Morgan fingerprint density at radius 3 is 2.71 bits per heavy atom. The van der Waals surface area contributed by atoms with Crippen molar-refractivity contribution >= 4 is 17.3 Å². The summed E-state index contributed by atoms with van der Waals surface area (Å²) in [5, 5.41) is 0.739. The largest absolute Gasteiger partial charge is 0.399 e. The number of hydrogen-bond donors (Lipinski definition) is 1. The van der Waals surface area contributed by atoms with Crippen molar-refractivity contribution in [2.24, 2.45) is 5.92 Å². The van der Waals surface area contributed by atoms with Crippen LogP contribution in [0.3, 0.4) is 0 Å². The van der Waals surface area contributed by atoms with E-state index in [0.29, 0.717) is 12.7 Å². The van der Waals surface area contributed by atoms with Crippen molar-refractivity contribution in [3.63, 3.8) is 0 Å². The van der Waals surface area contributed by atoms with Crippen molar-refractivity contribution in [3.05, 3.63) is 28.8 Å². The molecule has 0 amide bonds. The number of anilines is 1. The minimum absolute atomic E-state index is 0.392. The van der Waals surface area contributed by atoms with Crippen LogP contribution in [-0.4, -0.2) is 6.10 Å². The minimum Gasteiger partial charge on any atom is -0.399 e. The van der Waals surface area contributed by atoms with Crippen LogP contribution in [0.4, 0.5) is 5.69 Å². The summed E-state index contributed by atoms with van der Waals surface area (Å²) < 4.78 is 5.91. The first-order valence-corrected chi connectivity index (χ1v) is 6.68. The van der Waals surface area contributed by atoms with Crippen LogP contribution >= 0.6 is 11.6 Å². The average Bonchev–Trinajstić information content (AvgIpc) is 2.32. The van der Waals surface area contributed by atoms with Crippen LogP contribution in [0.15, 0.2) is 18.2 Å². The molecule has 0 heterocycles. The first-order valence-electron chi connectivity index (χ1n) is 6.30. The molecular formula is C14H20ClNO. The maximum absolute atomic E-state index is 6.10. The predicted octanol–water partition coefficient (Wildman–Crippen LogP) is 4.02. The molecule has 17 heavy (non-hydrogen) atoms. The molecular weight excluding hydrogens is 234 g/mol. The molecule has 2 N–H and O–H groups in total. The van der Waals surface area contributed by atoms with Gasteiger partial charge in [-0.3, -0.25) is 0 Å². The van der Waals surface area contributed by atoms with Crippen LogP contribution < -0.4 is 5.73 Å². The molecule has 1 aliphatic rings. The Hall–Kier alpha value is -0.730. The number of rotatable bonds is 3. The Labute approximate surface area is 108 Å². The molecule has 0 saturated heterocycles. The summed E-state index contributed by atoms with van der Waals surface area (Å²) >= 11 is 6.10. The number of benzene rings is 1. The van der Waals surface area contributed by atoms with Crippen LogP contribution in [0.2, 0.25) is 5.02 Å². The van der Waals surface area contributed by atoms with Crippen molar-refractivity contribution in [1.82, 2.24) is 0 Å². The second kappa shape index (κ2) is 5.74. The average molecular weight is 254 g/mol. The van der Waals surface area contributed by atoms with E-state index in [-0.39, 0.29) is 0 Å². The van der Waals surface area contributed by atoms with Gasteiger partial charge in [0.05, 0.1) is 12.7 Å². The molecule has 0 aliphatic heterocycles. The van der Waals surface area contributed by atoms with Gasteiger partial charge in [-0.1, -0.05) is 18.5 Å². The number of hydrogen-bond acceptors (Lipinski definition) is 2. The molecule has 0 spiro atoms. The molecule has 0 bridgehead atoms. The zero-order chi connectivity index (χ0) is 12.3. The number of nitrogens with two attached hydrogens (primary N) is 1. The summed E-state index contributed by atoms with van der Waals surface area (Å²) in [6.45, 7) is 2.88. The van der Waals surface area contributed by atoms with Gasteiger partial charge in [0.25, 0.3) is 0 Å². The van der Waals surface area contributed by atoms with Gasteiger partial charge in [0.2, 0.25) is 0 Å². The molecule has 1 fully saturated rings. The summed E-state index contributed by atoms with van der Waals surface area (Å²) in [6.07, 6.45) is 5.27. The second-order valence-electron chi connectivity index (χ2n) is 5.04. The zero-order valence-corrected chi connectivity index (χ0v) is 11.0. The highest BCUT2D eigenvalue weighted by Crippen LogP contribution is 2.27. The van der Waals surface area contributed by atoms with Gasteiger partial charge >= 0.3 is 0 Å². The standard InChI is InChI=1S/C14H20ClNO/c1-10-2-5-13(6-3-10)17-9-11-8-12(16)4-7-14(11)15/h4,7-8,10,13H,2-3,5-6,9,16H2,1H3. The van der Waals surface area contributed by atoms with E-state index in [1.54, 1.807) is 0 Å². The van der Waals surface area contributed by atoms with Crippen molar-refractivity contribution < 1.29 is 4.74 Å². The topological polar surface area (TPSA) is 35.2 Å². The lowest BCUT2D eigenvalue weighted by Gasteiger charge is -2.26. The fourth-order valence-electron chi connectivity index (χ4n) is 2.31. The molecule has 0 radical (unpaired) electrons. The minimum atomic E-state index is 0.392. The highest BCUT2D eigenvalue weighted by Gasteiger charge is 2.18. The second-order valence-corrected chi connectivity index (χ2v) is 5.45. The number of halogens is 1. The van der Waals surface area contributed by atoms with Gasteiger partial charge in [-0.15, -0.1) is 0 Å². The highest BCUT2D eigenvalue weighted by atomic mass is 35.5. The fourth-order valence-corrected chi connectivity index (χ4v) is 2.48. The van der Waals surface area contributed by atoms with E-state index in [2.05, 4.69) is 6.92 Å². The summed E-state index contributed by atoms with van der Waals surface area (Å²) in [4.78, 5) is 0. The molecule has 1 aromatic rings. The molecule has 1 aromatic carbocycles. The Kier molecular flexibility index (Phi) is 4.30.